The summed E-state index contributed by atoms with van der Waals surface area (Å²) in [6.45, 7) is 7.32. The average Bonchev–Trinajstić information content (AvgIpc) is 2.95. The van der Waals surface area contributed by atoms with Crippen LogP contribution in [0.15, 0.2) is 22.8 Å². The molecule has 17 heavy (non-hydrogen) atoms. The van der Waals surface area contributed by atoms with E-state index >= 15 is 0 Å². The molecule has 1 atom stereocenters. The van der Waals surface area contributed by atoms with Gasteiger partial charge in [0.05, 0.1) is 12.0 Å². The van der Waals surface area contributed by atoms with Gasteiger partial charge in [-0.15, -0.1) is 11.3 Å². The number of thiazole rings is 1. The summed E-state index contributed by atoms with van der Waals surface area (Å²) in [6.07, 6.45) is 2.83. The highest BCUT2D eigenvalue weighted by Crippen LogP contribution is 2.28. The zero-order valence-electron chi connectivity index (χ0n) is 10.5. The lowest BCUT2D eigenvalue weighted by Gasteiger charge is -2.09. The number of hydrogen-bond acceptors (Lipinski definition) is 4. The quantitative estimate of drug-likeness (QED) is 0.881. The summed E-state index contributed by atoms with van der Waals surface area (Å²) >= 11 is 1.70. The van der Waals surface area contributed by atoms with Crippen LogP contribution in [0.4, 0.5) is 0 Å². The van der Waals surface area contributed by atoms with Gasteiger partial charge in [0, 0.05) is 17.5 Å². The maximum absolute atomic E-state index is 5.36. The molecular formula is C13H18N2OS. The van der Waals surface area contributed by atoms with Gasteiger partial charge in [-0.25, -0.2) is 4.98 Å². The van der Waals surface area contributed by atoms with Gasteiger partial charge in [-0.3, -0.25) is 0 Å². The van der Waals surface area contributed by atoms with Gasteiger partial charge in [0.25, 0.3) is 0 Å². The van der Waals surface area contributed by atoms with E-state index in [9.17, 15) is 0 Å². The summed E-state index contributed by atoms with van der Waals surface area (Å²) in [7, 11) is 0. The maximum atomic E-state index is 5.36. The van der Waals surface area contributed by atoms with Crippen LogP contribution in [0.2, 0.25) is 0 Å². The Balaban J connectivity index is 2.09. The van der Waals surface area contributed by atoms with Crippen molar-refractivity contribution in [3.8, 4) is 10.8 Å². The van der Waals surface area contributed by atoms with Crippen LogP contribution in [0.25, 0.3) is 10.8 Å². The van der Waals surface area contributed by atoms with Crippen molar-refractivity contribution in [2.45, 2.75) is 39.8 Å². The van der Waals surface area contributed by atoms with E-state index in [2.05, 4.69) is 31.1 Å². The second-order valence-corrected chi connectivity index (χ2v) is 5.28. The number of rotatable bonds is 5. The number of aromatic nitrogens is 1. The molecule has 1 unspecified atom stereocenters. The number of nitrogens with one attached hydrogen (secondary N) is 1. The van der Waals surface area contributed by atoms with Gasteiger partial charge >= 0.3 is 0 Å². The zero-order valence-corrected chi connectivity index (χ0v) is 11.3. The van der Waals surface area contributed by atoms with E-state index in [-0.39, 0.29) is 0 Å². The Hall–Kier alpha value is -1.13. The molecule has 0 radical (unpaired) electrons. The molecule has 2 aromatic rings. The summed E-state index contributed by atoms with van der Waals surface area (Å²) in [5.41, 5.74) is 1.09. The molecule has 92 valence electrons. The minimum atomic E-state index is 0.545. The molecule has 0 aliphatic heterocycles. The molecule has 2 heterocycles. The fourth-order valence-corrected chi connectivity index (χ4v) is 2.49. The Morgan fingerprint density at radius 2 is 2.35 bits per heavy atom. The summed E-state index contributed by atoms with van der Waals surface area (Å²) in [6, 6.07) is 4.39. The number of furan rings is 1. The van der Waals surface area contributed by atoms with Crippen molar-refractivity contribution < 1.29 is 4.42 Å². The second kappa shape index (κ2) is 5.47. The van der Waals surface area contributed by atoms with Crippen LogP contribution in [-0.4, -0.2) is 11.0 Å². The molecule has 0 saturated carbocycles. The molecule has 2 rings (SSSR count). The minimum Gasteiger partial charge on any atom is -0.462 e. The van der Waals surface area contributed by atoms with Crippen molar-refractivity contribution in [1.82, 2.24) is 10.3 Å². The summed E-state index contributed by atoms with van der Waals surface area (Å²) < 4.78 is 5.36. The normalized spacial score (nSPS) is 12.9. The van der Waals surface area contributed by atoms with Gasteiger partial charge in [0.1, 0.15) is 0 Å². The van der Waals surface area contributed by atoms with Crippen molar-refractivity contribution in [3.63, 3.8) is 0 Å². The third-order valence-corrected chi connectivity index (χ3v) is 4.02. The van der Waals surface area contributed by atoms with Crippen molar-refractivity contribution in [1.29, 1.82) is 0 Å². The van der Waals surface area contributed by atoms with E-state index in [1.807, 2.05) is 12.1 Å². The fraction of sp³-hybridized carbons (Fsp3) is 0.462. The lowest BCUT2D eigenvalue weighted by atomic mass is 10.2. The Bertz CT molecular complexity index is 462. The molecule has 2 aromatic heterocycles. The van der Waals surface area contributed by atoms with Crippen LogP contribution in [0.3, 0.4) is 0 Å². The number of nitrogens with zero attached hydrogens (tertiary/aromatic N) is 1. The molecule has 0 spiro atoms. The van der Waals surface area contributed by atoms with Crippen LogP contribution in [0.1, 0.15) is 30.8 Å². The lowest BCUT2D eigenvalue weighted by Crippen LogP contribution is -2.24. The summed E-state index contributed by atoms with van der Waals surface area (Å²) in [5.74, 6) is 0.855. The standard InChI is InChI=1S/C13H18N2OS/c1-4-9(2)14-8-12-10(3)15-13(17-12)11-6-5-7-16-11/h5-7,9,14H,4,8H2,1-3H3. The lowest BCUT2D eigenvalue weighted by molar-refractivity contribution is 0.536. The highest BCUT2D eigenvalue weighted by Gasteiger charge is 2.11. The molecule has 4 heteroatoms. The Labute approximate surface area is 106 Å². The van der Waals surface area contributed by atoms with E-state index in [4.69, 9.17) is 4.42 Å². The van der Waals surface area contributed by atoms with Gasteiger partial charge in [-0.05, 0) is 32.4 Å². The molecule has 0 aliphatic rings. The maximum Gasteiger partial charge on any atom is 0.162 e. The zero-order chi connectivity index (χ0) is 12.3. The minimum absolute atomic E-state index is 0.545. The molecular weight excluding hydrogens is 232 g/mol. The fourth-order valence-electron chi connectivity index (χ4n) is 1.51. The van der Waals surface area contributed by atoms with E-state index in [0.29, 0.717) is 6.04 Å². The number of hydrogen-bond donors (Lipinski definition) is 1. The highest BCUT2D eigenvalue weighted by molar-refractivity contribution is 7.15. The first-order valence-corrected chi connectivity index (χ1v) is 6.76. The first-order valence-electron chi connectivity index (χ1n) is 5.94. The van der Waals surface area contributed by atoms with E-state index in [1.165, 1.54) is 4.88 Å². The monoisotopic (exact) mass is 250 g/mol. The molecule has 0 saturated heterocycles. The Morgan fingerprint density at radius 1 is 1.53 bits per heavy atom. The molecule has 1 N–H and O–H groups in total. The Morgan fingerprint density at radius 3 is 3.00 bits per heavy atom. The molecule has 0 aromatic carbocycles. The Kier molecular flexibility index (Phi) is 3.97. The van der Waals surface area contributed by atoms with Crippen molar-refractivity contribution in [2.75, 3.05) is 0 Å². The molecule has 0 bridgehead atoms. The van der Waals surface area contributed by atoms with E-state index in [1.54, 1.807) is 17.6 Å². The van der Waals surface area contributed by atoms with Crippen LogP contribution in [-0.2, 0) is 6.54 Å². The van der Waals surface area contributed by atoms with E-state index < -0.39 is 0 Å². The SMILES string of the molecule is CCC(C)NCc1sc(-c2ccco2)nc1C. The average molecular weight is 250 g/mol. The first kappa shape index (κ1) is 12.3. The van der Waals surface area contributed by atoms with E-state index in [0.717, 1.165) is 29.4 Å². The van der Waals surface area contributed by atoms with Crippen LogP contribution in [0, 0.1) is 6.92 Å². The summed E-state index contributed by atoms with van der Waals surface area (Å²) in [5, 5.41) is 4.45. The number of aryl methyl sites for hydroxylation is 1. The topological polar surface area (TPSA) is 38.1 Å². The first-order chi connectivity index (χ1) is 8.20. The summed E-state index contributed by atoms with van der Waals surface area (Å²) in [4.78, 5) is 5.83. The second-order valence-electron chi connectivity index (χ2n) is 4.20. The largest absolute Gasteiger partial charge is 0.462 e. The van der Waals surface area contributed by atoms with Gasteiger partial charge in [-0.1, -0.05) is 6.92 Å². The third-order valence-electron chi connectivity index (χ3n) is 2.85. The molecule has 3 nitrogen and oxygen atoms in total. The highest BCUT2D eigenvalue weighted by atomic mass is 32.1. The third kappa shape index (κ3) is 2.96. The predicted molar refractivity (Wildman–Crippen MR) is 71.1 cm³/mol. The molecule has 0 amide bonds. The van der Waals surface area contributed by atoms with Crippen LogP contribution < -0.4 is 5.32 Å². The smallest absolute Gasteiger partial charge is 0.162 e. The van der Waals surface area contributed by atoms with Gasteiger partial charge in [-0.2, -0.15) is 0 Å². The van der Waals surface area contributed by atoms with Crippen molar-refractivity contribution in [3.05, 3.63) is 29.0 Å². The molecule has 0 fully saturated rings. The van der Waals surface area contributed by atoms with Gasteiger partial charge in [0.15, 0.2) is 10.8 Å². The van der Waals surface area contributed by atoms with Crippen molar-refractivity contribution in [2.24, 2.45) is 0 Å². The van der Waals surface area contributed by atoms with Gasteiger partial charge in [0.2, 0.25) is 0 Å². The predicted octanol–water partition coefficient (Wildman–Crippen LogP) is 3.60. The van der Waals surface area contributed by atoms with Crippen LogP contribution >= 0.6 is 11.3 Å². The molecule has 0 aliphatic carbocycles. The van der Waals surface area contributed by atoms with Crippen LogP contribution in [0.5, 0.6) is 0 Å². The van der Waals surface area contributed by atoms with Crippen molar-refractivity contribution >= 4 is 11.3 Å². The van der Waals surface area contributed by atoms with Gasteiger partial charge < -0.3 is 9.73 Å².